The van der Waals surface area contributed by atoms with Crippen LogP contribution in [0.5, 0.6) is 11.5 Å². The van der Waals surface area contributed by atoms with Gasteiger partial charge in [-0.15, -0.1) is 0 Å². The maximum absolute atomic E-state index is 12.4. The van der Waals surface area contributed by atoms with E-state index in [2.05, 4.69) is 43.5 Å². The molecular weight excluding hydrogens is 655 g/mol. The third-order valence-corrected chi connectivity index (χ3v) is 6.52. The molecule has 0 saturated heterocycles. The van der Waals surface area contributed by atoms with Gasteiger partial charge < -0.3 is 14.2 Å². The molecule has 0 aliphatic carbocycles. The van der Waals surface area contributed by atoms with Crippen molar-refractivity contribution in [3.63, 3.8) is 0 Å². The minimum atomic E-state index is -0.702. The first kappa shape index (κ1) is 25.1. The SMILES string of the molecule is COc1cc(/C=C2\N=C(c3cc([N+](=O)[O-])ccc3Cl)OC2=O)cc(I)c1OCc1ccc(Br)cc1. The number of ether oxygens (including phenoxy) is 3. The van der Waals surface area contributed by atoms with E-state index in [4.69, 9.17) is 25.8 Å². The number of carbonyl (C=O) groups excluding carboxylic acids is 1. The third kappa shape index (κ3) is 5.82. The average Bonchev–Trinajstić information content (AvgIpc) is 3.19. The van der Waals surface area contributed by atoms with E-state index in [-0.39, 0.29) is 27.9 Å². The molecule has 1 heterocycles. The van der Waals surface area contributed by atoms with Gasteiger partial charge in [-0.25, -0.2) is 9.79 Å². The number of methoxy groups -OCH3 is 1. The fourth-order valence-electron chi connectivity index (χ4n) is 3.17. The second kappa shape index (κ2) is 10.8. The minimum Gasteiger partial charge on any atom is -0.493 e. The summed E-state index contributed by atoms with van der Waals surface area (Å²) in [6.07, 6.45) is 1.53. The zero-order valence-electron chi connectivity index (χ0n) is 18.0. The molecule has 0 aromatic heterocycles. The molecule has 1 aliphatic heterocycles. The fraction of sp³-hybridized carbons (Fsp3) is 0.0833. The summed E-state index contributed by atoms with van der Waals surface area (Å²) in [5.74, 6) is 0.246. The topological polar surface area (TPSA) is 100 Å². The summed E-state index contributed by atoms with van der Waals surface area (Å²) >= 11 is 11.7. The normalized spacial score (nSPS) is 14.0. The first-order chi connectivity index (χ1) is 16.7. The second-order valence-corrected chi connectivity index (χ2v) is 9.69. The van der Waals surface area contributed by atoms with Crippen LogP contribution in [0.25, 0.3) is 6.08 Å². The average molecular weight is 670 g/mol. The first-order valence-electron chi connectivity index (χ1n) is 9.97. The predicted molar refractivity (Wildman–Crippen MR) is 143 cm³/mol. The summed E-state index contributed by atoms with van der Waals surface area (Å²) in [6.45, 7) is 0.351. The number of cyclic esters (lactones) is 1. The molecule has 35 heavy (non-hydrogen) atoms. The molecule has 1 aliphatic rings. The summed E-state index contributed by atoms with van der Waals surface area (Å²) in [6, 6.07) is 15.1. The quantitative estimate of drug-likeness (QED) is 0.0931. The highest BCUT2D eigenvalue weighted by Crippen LogP contribution is 2.36. The molecule has 3 aromatic rings. The highest BCUT2D eigenvalue weighted by atomic mass is 127. The van der Waals surface area contributed by atoms with Crippen LogP contribution in [0.3, 0.4) is 0 Å². The molecule has 0 amide bonds. The van der Waals surface area contributed by atoms with Crippen molar-refractivity contribution in [3.8, 4) is 11.5 Å². The Bertz CT molecular complexity index is 1390. The number of rotatable bonds is 7. The lowest BCUT2D eigenvalue weighted by atomic mass is 10.1. The van der Waals surface area contributed by atoms with Crippen molar-refractivity contribution in [2.24, 2.45) is 4.99 Å². The van der Waals surface area contributed by atoms with Crippen molar-refractivity contribution in [3.05, 3.63) is 100 Å². The number of benzene rings is 3. The highest BCUT2D eigenvalue weighted by molar-refractivity contribution is 14.1. The maximum Gasteiger partial charge on any atom is 0.363 e. The predicted octanol–water partition coefficient (Wildman–Crippen LogP) is 6.55. The second-order valence-electron chi connectivity index (χ2n) is 7.21. The van der Waals surface area contributed by atoms with E-state index in [0.29, 0.717) is 23.7 Å². The Hall–Kier alpha value is -2.96. The molecule has 0 N–H and O–H groups in total. The van der Waals surface area contributed by atoms with Gasteiger partial charge in [-0.05, 0) is 70.1 Å². The van der Waals surface area contributed by atoms with Crippen LogP contribution in [0.1, 0.15) is 16.7 Å². The van der Waals surface area contributed by atoms with Crippen molar-refractivity contribution in [2.75, 3.05) is 7.11 Å². The van der Waals surface area contributed by atoms with E-state index in [9.17, 15) is 14.9 Å². The molecule has 4 rings (SSSR count). The van der Waals surface area contributed by atoms with Crippen LogP contribution in [0.15, 0.2) is 69.8 Å². The number of esters is 1. The molecule has 0 atom stereocenters. The summed E-state index contributed by atoms with van der Waals surface area (Å²) in [5.41, 5.74) is 1.60. The molecule has 8 nitrogen and oxygen atoms in total. The van der Waals surface area contributed by atoms with Crippen molar-refractivity contribution in [1.29, 1.82) is 0 Å². The molecular formula is C24H15BrClIN2O6. The van der Waals surface area contributed by atoms with E-state index in [1.807, 2.05) is 30.3 Å². The highest BCUT2D eigenvalue weighted by Gasteiger charge is 2.27. The van der Waals surface area contributed by atoms with Gasteiger partial charge in [0, 0.05) is 16.6 Å². The van der Waals surface area contributed by atoms with E-state index in [1.54, 1.807) is 6.07 Å². The molecule has 0 spiro atoms. The van der Waals surface area contributed by atoms with Gasteiger partial charge in [0.15, 0.2) is 17.2 Å². The summed E-state index contributed by atoms with van der Waals surface area (Å²) in [4.78, 5) is 27.2. The number of non-ortho nitro benzene ring substituents is 1. The van der Waals surface area contributed by atoms with Gasteiger partial charge in [0.05, 0.1) is 26.2 Å². The van der Waals surface area contributed by atoms with Crippen LogP contribution < -0.4 is 9.47 Å². The molecule has 0 saturated carbocycles. The lowest BCUT2D eigenvalue weighted by Gasteiger charge is -2.14. The monoisotopic (exact) mass is 668 g/mol. The summed E-state index contributed by atoms with van der Waals surface area (Å²) in [5, 5.41) is 11.3. The Morgan fingerprint density at radius 3 is 2.63 bits per heavy atom. The molecule has 0 radical (unpaired) electrons. The zero-order chi connectivity index (χ0) is 25.1. The number of halogens is 3. The minimum absolute atomic E-state index is 0.0176. The zero-order valence-corrected chi connectivity index (χ0v) is 22.5. The van der Waals surface area contributed by atoms with Crippen molar-refractivity contribution < 1.29 is 23.9 Å². The fourth-order valence-corrected chi connectivity index (χ4v) is 4.42. The molecule has 0 fully saturated rings. The van der Waals surface area contributed by atoms with Gasteiger partial charge in [-0.1, -0.05) is 39.7 Å². The Morgan fingerprint density at radius 1 is 1.20 bits per heavy atom. The van der Waals surface area contributed by atoms with E-state index in [0.717, 1.165) is 13.6 Å². The largest absolute Gasteiger partial charge is 0.493 e. The Kier molecular flexibility index (Phi) is 7.72. The van der Waals surface area contributed by atoms with Crippen molar-refractivity contribution in [1.82, 2.24) is 0 Å². The Balaban J connectivity index is 1.61. The first-order valence-corrected chi connectivity index (χ1v) is 12.2. The van der Waals surface area contributed by atoms with Crippen LogP contribution in [-0.2, 0) is 16.1 Å². The van der Waals surface area contributed by atoms with Gasteiger partial charge in [-0.2, -0.15) is 0 Å². The van der Waals surface area contributed by atoms with Gasteiger partial charge >= 0.3 is 5.97 Å². The van der Waals surface area contributed by atoms with Crippen LogP contribution in [0.4, 0.5) is 5.69 Å². The standard InChI is InChI=1S/C24H15BrClIN2O6/c1-33-21-10-14(8-19(27)22(21)34-12-13-2-4-15(25)5-3-13)9-20-24(30)35-23(28-20)17-11-16(29(31)32)6-7-18(17)26/h2-11H,12H2,1H3/b20-9-. The number of hydrogen-bond acceptors (Lipinski definition) is 7. The van der Waals surface area contributed by atoms with Crippen LogP contribution >= 0.6 is 50.1 Å². The Morgan fingerprint density at radius 2 is 1.94 bits per heavy atom. The van der Waals surface area contributed by atoms with E-state index < -0.39 is 10.9 Å². The Labute approximate surface area is 227 Å². The van der Waals surface area contributed by atoms with Crippen LogP contribution in [0.2, 0.25) is 5.02 Å². The molecule has 178 valence electrons. The van der Waals surface area contributed by atoms with Crippen molar-refractivity contribution in [2.45, 2.75) is 6.61 Å². The molecule has 3 aromatic carbocycles. The molecule has 0 unspecified atom stereocenters. The lowest BCUT2D eigenvalue weighted by molar-refractivity contribution is -0.384. The van der Waals surface area contributed by atoms with E-state index >= 15 is 0 Å². The lowest BCUT2D eigenvalue weighted by Crippen LogP contribution is -2.06. The number of nitrogens with zero attached hydrogens (tertiary/aromatic N) is 2. The number of nitro benzene ring substituents is 1. The van der Waals surface area contributed by atoms with Gasteiger partial charge in [0.1, 0.15) is 6.61 Å². The van der Waals surface area contributed by atoms with E-state index in [1.165, 1.54) is 31.4 Å². The number of carbonyl (C=O) groups is 1. The summed E-state index contributed by atoms with van der Waals surface area (Å²) in [7, 11) is 1.53. The molecule has 0 bridgehead atoms. The number of nitro groups is 1. The van der Waals surface area contributed by atoms with Crippen LogP contribution in [-0.4, -0.2) is 23.9 Å². The number of aliphatic imine (C=N–C) groups is 1. The van der Waals surface area contributed by atoms with Gasteiger partial charge in [0.2, 0.25) is 5.90 Å². The maximum atomic E-state index is 12.4. The third-order valence-electron chi connectivity index (χ3n) is 4.86. The number of hydrogen-bond donors (Lipinski definition) is 0. The van der Waals surface area contributed by atoms with Gasteiger partial charge in [-0.3, -0.25) is 10.1 Å². The molecule has 11 heteroatoms. The summed E-state index contributed by atoms with van der Waals surface area (Å²) < 4.78 is 18.5. The van der Waals surface area contributed by atoms with Gasteiger partial charge in [0.25, 0.3) is 5.69 Å². The smallest absolute Gasteiger partial charge is 0.363 e. The van der Waals surface area contributed by atoms with Crippen molar-refractivity contribution >= 4 is 73.8 Å². The van der Waals surface area contributed by atoms with Crippen LogP contribution in [0, 0.1) is 13.7 Å².